The first-order chi connectivity index (χ1) is 13.9. The molecule has 2 rings (SSSR count). The fourth-order valence-corrected chi connectivity index (χ4v) is 3.15. The Bertz CT molecular complexity index is 865. The number of amides is 1. The molecule has 9 heteroatoms. The topological polar surface area (TPSA) is 99.6 Å². The summed E-state index contributed by atoms with van der Waals surface area (Å²) in [5.41, 5.74) is 3.08. The van der Waals surface area contributed by atoms with Crippen LogP contribution >= 0.6 is 11.8 Å². The summed E-state index contributed by atoms with van der Waals surface area (Å²) in [6.45, 7) is 3.41. The van der Waals surface area contributed by atoms with E-state index in [1.807, 2.05) is 20.1 Å². The minimum atomic E-state index is -0.463. The lowest BCUT2D eigenvalue weighted by atomic mass is 10.1. The van der Waals surface area contributed by atoms with E-state index in [0.29, 0.717) is 28.8 Å². The van der Waals surface area contributed by atoms with E-state index in [1.54, 1.807) is 25.3 Å². The smallest absolute Gasteiger partial charge is 0.306 e. The number of hydrogen-bond donors (Lipinski definition) is 1. The highest BCUT2D eigenvalue weighted by Crippen LogP contribution is 2.28. The molecule has 1 N–H and O–H groups in total. The Kier molecular flexibility index (Phi) is 8.26. The fraction of sp³-hybridized carbons (Fsp3) is 0.400. The number of esters is 1. The van der Waals surface area contributed by atoms with E-state index in [4.69, 9.17) is 14.2 Å². The first-order valence-corrected chi connectivity index (χ1v) is 10.2. The van der Waals surface area contributed by atoms with Gasteiger partial charge in [-0.05, 0) is 44.2 Å². The molecular formula is C20H25N3O5S. The van der Waals surface area contributed by atoms with Crippen molar-refractivity contribution in [3.8, 4) is 11.5 Å². The van der Waals surface area contributed by atoms with Crippen LogP contribution in [-0.2, 0) is 20.7 Å². The van der Waals surface area contributed by atoms with Crippen molar-refractivity contribution in [2.45, 2.75) is 31.8 Å². The largest absolute Gasteiger partial charge is 0.497 e. The normalized spacial score (nSPS) is 10.4. The van der Waals surface area contributed by atoms with Gasteiger partial charge in [-0.25, -0.2) is 9.97 Å². The quantitative estimate of drug-likeness (QED) is 0.376. The van der Waals surface area contributed by atoms with Crippen LogP contribution in [0.2, 0.25) is 0 Å². The molecule has 1 aromatic carbocycles. The Hall–Kier alpha value is -2.81. The van der Waals surface area contributed by atoms with Gasteiger partial charge in [-0.15, -0.1) is 0 Å². The summed E-state index contributed by atoms with van der Waals surface area (Å²) in [4.78, 5) is 32.9. The molecule has 1 amide bonds. The highest BCUT2D eigenvalue weighted by molar-refractivity contribution is 7.98. The van der Waals surface area contributed by atoms with E-state index in [-0.39, 0.29) is 13.0 Å². The van der Waals surface area contributed by atoms with Crippen molar-refractivity contribution in [2.75, 3.05) is 32.4 Å². The molecule has 0 bridgehead atoms. The first-order valence-electron chi connectivity index (χ1n) is 8.93. The number of hydrogen-bond acceptors (Lipinski definition) is 8. The highest BCUT2D eigenvalue weighted by atomic mass is 32.2. The van der Waals surface area contributed by atoms with Crippen LogP contribution in [0.4, 0.5) is 5.69 Å². The molecule has 0 fully saturated rings. The lowest BCUT2D eigenvalue weighted by molar-refractivity contribution is -0.147. The predicted octanol–water partition coefficient (Wildman–Crippen LogP) is 2.95. The molecule has 0 aliphatic rings. The van der Waals surface area contributed by atoms with Crippen molar-refractivity contribution in [1.29, 1.82) is 0 Å². The molecule has 29 heavy (non-hydrogen) atoms. The molecule has 0 saturated carbocycles. The van der Waals surface area contributed by atoms with E-state index in [2.05, 4.69) is 15.3 Å². The zero-order chi connectivity index (χ0) is 21.4. The first kappa shape index (κ1) is 22.5. The van der Waals surface area contributed by atoms with Crippen LogP contribution in [0.3, 0.4) is 0 Å². The third-order valence-electron chi connectivity index (χ3n) is 4.21. The molecule has 8 nitrogen and oxygen atoms in total. The van der Waals surface area contributed by atoms with Crippen molar-refractivity contribution in [3.05, 3.63) is 35.2 Å². The highest BCUT2D eigenvalue weighted by Gasteiger charge is 2.14. The van der Waals surface area contributed by atoms with Crippen molar-refractivity contribution in [3.63, 3.8) is 0 Å². The number of aryl methyl sites for hydroxylation is 2. The van der Waals surface area contributed by atoms with Crippen molar-refractivity contribution >= 4 is 29.3 Å². The van der Waals surface area contributed by atoms with Gasteiger partial charge < -0.3 is 19.5 Å². The Morgan fingerprint density at radius 1 is 1.10 bits per heavy atom. The van der Waals surface area contributed by atoms with Crippen molar-refractivity contribution < 1.29 is 23.8 Å². The van der Waals surface area contributed by atoms with Crippen LogP contribution < -0.4 is 14.8 Å². The monoisotopic (exact) mass is 419 g/mol. The summed E-state index contributed by atoms with van der Waals surface area (Å²) in [5, 5.41) is 3.36. The number of rotatable bonds is 9. The van der Waals surface area contributed by atoms with Gasteiger partial charge >= 0.3 is 5.97 Å². The summed E-state index contributed by atoms with van der Waals surface area (Å²) < 4.78 is 15.4. The van der Waals surface area contributed by atoms with Crippen LogP contribution in [0.5, 0.6) is 11.5 Å². The molecule has 0 radical (unpaired) electrons. The third kappa shape index (κ3) is 6.35. The lowest BCUT2D eigenvalue weighted by Gasteiger charge is -2.12. The van der Waals surface area contributed by atoms with Gasteiger partial charge in [0.05, 0.1) is 19.9 Å². The molecule has 1 heterocycles. The van der Waals surface area contributed by atoms with E-state index in [1.165, 1.54) is 18.9 Å². The second kappa shape index (κ2) is 10.7. The maximum absolute atomic E-state index is 12.1. The fourth-order valence-electron chi connectivity index (χ4n) is 2.70. The molecule has 1 aromatic heterocycles. The van der Waals surface area contributed by atoms with Gasteiger partial charge in [0.1, 0.15) is 11.5 Å². The Balaban J connectivity index is 1.86. The number of anilines is 1. The zero-order valence-corrected chi connectivity index (χ0v) is 18.0. The molecule has 0 atom stereocenters. The van der Waals surface area contributed by atoms with Gasteiger partial charge in [-0.3, -0.25) is 9.59 Å². The third-order valence-corrected chi connectivity index (χ3v) is 4.76. The number of nitrogens with zero attached hydrogens (tertiary/aromatic N) is 2. The summed E-state index contributed by atoms with van der Waals surface area (Å²) in [5.74, 6) is 0.131. The zero-order valence-electron chi connectivity index (χ0n) is 17.2. The predicted molar refractivity (Wildman–Crippen MR) is 111 cm³/mol. The molecule has 0 aliphatic carbocycles. The molecule has 0 unspecified atom stereocenters. The number of benzene rings is 1. The Morgan fingerprint density at radius 2 is 1.79 bits per heavy atom. The minimum absolute atomic E-state index is 0.142. The van der Waals surface area contributed by atoms with E-state index < -0.39 is 11.9 Å². The maximum Gasteiger partial charge on any atom is 0.306 e. The summed E-state index contributed by atoms with van der Waals surface area (Å²) >= 11 is 1.47. The van der Waals surface area contributed by atoms with E-state index >= 15 is 0 Å². The van der Waals surface area contributed by atoms with Crippen molar-refractivity contribution in [2.24, 2.45) is 0 Å². The van der Waals surface area contributed by atoms with Gasteiger partial charge in [0, 0.05) is 23.9 Å². The number of methoxy groups -OCH3 is 2. The van der Waals surface area contributed by atoms with Crippen LogP contribution in [0.25, 0.3) is 0 Å². The second-order valence-corrected chi connectivity index (χ2v) is 6.91. The average Bonchev–Trinajstić information content (AvgIpc) is 2.71. The number of carbonyl (C=O) groups is 2. The van der Waals surface area contributed by atoms with Crippen LogP contribution in [-0.4, -0.2) is 48.9 Å². The number of carbonyl (C=O) groups excluding carboxylic acids is 2. The van der Waals surface area contributed by atoms with Crippen molar-refractivity contribution in [1.82, 2.24) is 9.97 Å². The summed E-state index contributed by atoms with van der Waals surface area (Å²) in [7, 11) is 3.03. The molecule has 156 valence electrons. The SMILES string of the molecule is COc1ccc(NC(=O)COC(=O)CCc2c(C)nc(SC)nc2C)c(OC)c1. The van der Waals surface area contributed by atoms with Gasteiger partial charge in [0.25, 0.3) is 5.91 Å². The van der Waals surface area contributed by atoms with E-state index in [9.17, 15) is 9.59 Å². The number of nitrogens with one attached hydrogen (secondary N) is 1. The number of ether oxygens (including phenoxy) is 3. The van der Waals surface area contributed by atoms with Gasteiger partial charge in [0.15, 0.2) is 11.8 Å². The summed E-state index contributed by atoms with van der Waals surface area (Å²) in [6, 6.07) is 5.00. The number of thioether (sulfide) groups is 1. The standard InChI is InChI=1S/C20H25N3O5S/c1-12-15(13(2)22-20(21-12)29-5)7-9-19(25)28-11-18(24)23-16-8-6-14(26-3)10-17(16)27-4/h6,8,10H,7,9,11H2,1-5H3,(H,23,24). The van der Waals surface area contributed by atoms with Gasteiger partial charge in [-0.2, -0.15) is 0 Å². The second-order valence-electron chi connectivity index (χ2n) is 6.13. The summed E-state index contributed by atoms with van der Waals surface area (Å²) in [6.07, 6.45) is 2.51. The van der Waals surface area contributed by atoms with E-state index in [0.717, 1.165) is 17.0 Å². The Morgan fingerprint density at radius 3 is 2.38 bits per heavy atom. The van der Waals surface area contributed by atoms with Gasteiger partial charge in [-0.1, -0.05) is 11.8 Å². The van der Waals surface area contributed by atoms with Crippen LogP contribution in [0.15, 0.2) is 23.4 Å². The maximum atomic E-state index is 12.1. The van der Waals surface area contributed by atoms with Crippen LogP contribution in [0.1, 0.15) is 23.4 Å². The lowest BCUT2D eigenvalue weighted by Crippen LogP contribution is -2.21. The molecule has 2 aromatic rings. The minimum Gasteiger partial charge on any atom is -0.497 e. The molecular weight excluding hydrogens is 394 g/mol. The van der Waals surface area contributed by atoms with Gasteiger partial charge in [0.2, 0.25) is 0 Å². The molecule has 0 aliphatic heterocycles. The van der Waals surface area contributed by atoms with Crippen LogP contribution in [0, 0.1) is 13.8 Å². The average molecular weight is 420 g/mol. The number of aromatic nitrogens is 2. The Labute approximate surface area is 174 Å². The molecule has 0 spiro atoms. The molecule has 0 saturated heterocycles.